The number of carbonyl (C=O) groups excluding carboxylic acids is 1. The highest BCUT2D eigenvalue weighted by Gasteiger charge is 2.25. The molecule has 0 saturated heterocycles. The molecule has 130 valence electrons. The van der Waals surface area contributed by atoms with Crippen LogP contribution in [0.1, 0.15) is 41.3 Å². The number of hydrogen-bond acceptors (Lipinski definition) is 4. The van der Waals surface area contributed by atoms with Crippen LogP contribution in [0.5, 0.6) is 5.75 Å². The van der Waals surface area contributed by atoms with Gasteiger partial charge < -0.3 is 4.74 Å². The number of fused-ring (bicyclic) bond motifs is 1. The molecule has 2 heterocycles. The van der Waals surface area contributed by atoms with Gasteiger partial charge in [-0.3, -0.25) is 9.89 Å². The maximum absolute atomic E-state index is 14.2. The van der Waals surface area contributed by atoms with Crippen molar-refractivity contribution in [1.82, 2.24) is 15.2 Å². The van der Waals surface area contributed by atoms with Gasteiger partial charge in [0.15, 0.2) is 5.65 Å². The number of ether oxygens (including phenoxy) is 1. The summed E-state index contributed by atoms with van der Waals surface area (Å²) in [5, 5.41) is 7.06. The quantitative estimate of drug-likeness (QED) is 0.542. The van der Waals surface area contributed by atoms with Crippen molar-refractivity contribution in [2.45, 2.75) is 26.7 Å². The van der Waals surface area contributed by atoms with Gasteiger partial charge in [-0.1, -0.05) is 13.3 Å². The molecule has 1 N–H and O–H groups in total. The van der Waals surface area contributed by atoms with Crippen molar-refractivity contribution in [2.24, 2.45) is 0 Å². The van der Waals surface area contributed by atoms with Crippen LogP contribution in [-0.2, 0) is 0 Å². The first-order valence-corrected chi connectivity index (χ1v) is 7.98. The van der Waals surface area contributed by atoms with E-state index in [1.165, 1.54) is 12.4 Å². The summed E-state index contributed by atoms with van der Waals surface area (Å²) in [6.45, 7) is 3.94. The summed E-state index contributed by atoms with van der Waals surface area (Å²) >= 11 is 0. The summed E-state index contributed by atoms with van der Waals surface area (Å²) in [4.78, 5) is 16.9. The standard InChI is InChI=1S/C18H17F2N3O2/c1-3-4-5-25-17-11(8-21-18-12(17)9-22-23-18)16(24)15-13(19)6-10(2)7-14(15)20/h6-9H,3-5H2,1-2H3,(H,21,22,23). The third kappa shape index (κ3) is 3.22. The van der Waals surface area contributed by atoms with Crippen molar-refractivity contribution in [1.29, 1.82) is 0 Å². The van der Waals surface area contributed by atoms with Crippen LogP contribution in [0.2, 0.25) is 0 Å². The predicted octanol–water partition coefficient (Wildman–Crippen LogP) is 3.95. The Kier molecular flexibility index (Phi) is 4.74. The fourth-order valence-electron chi connectivity index (χ4n) is 2.56. The number of H-pyrrole nitrogens is 1. The number of benzene rings is 1. The van der Waals surface area contributed by atoms with E-state index in [9.17, 15) is 13.6 Å². The van der Waals surface area contributed by atoms with E-state index in [2.05, 4.69) is 15.2 Å². The number of aryl methyl sites for hydroxylation is 1. The molecular weight excluding hydrogens is 328 g/mol. The van der Waals surface area contributed by atoms with Crippen molar-refractivity contribution in [3.63, 3.8) is 0 Å². The number of nitrogens with zero attached hydrogens (tertiary/aromatic N) is 2. The average Bonchev–Trinajstić information content (AvgIpc) is 3.03. The van der Waals surface area contributed by atoms with Crippen LogP contribution in [0.15, 0.2) is 24.5 Å². The van der Waals surface area contributed by atoms with Crippen LogP contribution < -0.4 is 4.74 Å². The maximum atomic E-state index is 14.2. The Bertz CT molecular complexity index is 914. The first kappa shape index (κ1) is 17.0. The Morgan fingerprint density at radius 1 is 1.24 bits per heavy atom. The second-order valence-corrected chi connectivity index (χ2v) is 5.77. The number of nitrogens with one attached hydrogen (secondary N) is 1. The normalized spacial score (nSPS) is 11.0. The SMILES string of the molecule is CCCCOc1c(C(=O)c2c(F)cc(C)cc2F)cnc2[nH]ncc12. The fraction of sp³-hybridized carbons (Fsp3) is 0.278. The molecule has 0 amide bonds. The highest BCUT2D eigenvalue weighted by Crippen LogP contribution is 2.30. The Morgan fingerprint density at radius 2 is 1.96 bits per heavy atom. The third-order valence-corrected chi connectivity index (χ3v) is 3.83. The number of pyridine rings is 1. The van der Waals surface area contributed by atoms with Gasteiger partial charge >= 0.3 is 0 Å². The third-order valence-electron chi connectivity index (χ3n) is 3.83. The molecule has 5 nitrogen and oxygen atoms in total. The monoisotopic (exact) mass is 345 g/mol. The summed E-state index contributed by atoms with van der Waals surface area (Å²) in [7, 11) is 0. The number of ketones is 1. The number of halogens is 2. The Morgan fingerprint density at radius 3 is 2.64 bits per heavy atom. The molecule has 3 rings (SSSR count). The molecule has 0 aliphatic carbocycles. The molecule has 0 atom stereocenters. The Labute approximate surface area is 143 Å². The van der Waals surface area contributed by atoms with E-state index in [1.54, 1.807) is 6.92 Å². The fourth-order valence-corrected chi connectivity index (χ4v) is 2.56. The lowest BCUT2D eigenvalue weighted by atomic mass is 10.0. The number of aromatic nitrogens is 3. The van der Waals surface area contributed by atoms with E-state index in [0.717, 1.165) is 25.0 Å². The van der Waals surface area contributed by atoms with Gasteiger partial charge in [0.1, 0.15) is 17.4 Å². The number of rotatable bonds is 6. The second kappa shape index (κ2) is 6.96. The Balaban J connectivity index is 2.11. The minimum Gasteiger partial charge on any atom is -0.492 e. The predicted molar refractivity (Wildman–Crippen MR) is 88.8 cm³/mol. The van der Waals surface area contributed by atoms with Crippen molar-refractivity contribution < 1.29 is 18.3 Å². The first-order valence-electron chi connectivity index (χ1n) is 7.98. The molecule has 0 fully saturated rings. The topological polar surface area (TPSA) is 67.9 Å². The van der Waals surface area contributed by atoms with Gasteiger partial charge in [-0.05, 0) is 31.0 Å². The van der Waals surface area contributed by atoms with Crippen LogP contribution in [0.4, 0.5) is 8.78 Å². The molecule has 0 unspecified atom stereocenters. The van der Waals surface area contributed by atoms with Gasteiger partial charge in [0.05, 0.1) is 29.3 Å². The molecule has 0 radical (unpaired) electrons. The summed E-state index contributed by atoms with van der Waals surface area (Å²) < 4.78 is 34.1. The highest BCUT2D eigenvalue weighted by molar-refractivity contribution is 6.13. The van der Waals surface area contributed by atoms with Gasteiger partial charge in [-0.2, -0.15) is 5.10 Å². The first-order chi connectivity index (χ1) is 12.0. The number of unbranched alkanes of at least 4 members (excludes halogenated alkanes) is 1. The molecule has 1 aromatic carbocycles. The van der Waals surface area contributed by atoms with Gasteiger partial charge in [-0.25, -0.2) is 13.8 Å². The van der Waals surface area contributed by atoms with Gasteiger partial charge in [0.25, 0.3) is 0 Å². The van der Waals surface area contributed by atoms with Crippen LogP contribution in [0.25, 0.3) is 11.0 Å². The highest BCUT2D eigenvalue weighted by atomic mass is 19.1. The molecule has 0 aliphatic rings. The van der Waals surface area contributed by atoms with E-state index < -0.39 is 23.0 Å². The van der Waals surface area contributed by atoms with Gasteiger partial charge in [0, 0.05) is 6.20 Å². The van der Waals surface area contributed by atoms with E-state index in [-0.39, 0.29) is 11.3 Å². The van der Waals surface area contributed by atoms with E-state index in [1.807, 2.05) is 6.92 Å². The van der Waals surface area contributed by atoms with E-state index in [4.69, 9.17) is 4.74 Å². The zero-order chi connectivity index (χ0) is 18.0. The second-order valence-electron chi connectivity index (χ2n) is 5.77. The Hall–Kier alpha value is -2.83. The van der Waals surface area contributed by atoms with Gasteiger partial charge in [-0.15, -0.1) is 0 Å². The number of carbonyl (C=O) groups is 1. The molecular formula is C18H17F2N3O2. The summed E-state index contributed by atoms with van der Waals surface area (Å²) in [6.07, 6.45) is 4.41. The van der Waals surface area contributed by atoms with Crippen molar-refractivity contribution in [2.75, 3.05) is 6.61 Å². The van der Waals surface area contributed by atoms with Crippen LogP contribution in [0.3, 0.4) is 0 Å². The molecule has 25 heavy (non-hydrogen) atoms. The van der Waals surface area contributed by atoms with Crippen molar-refractivity contribution in [3.05, 3.63) is 52.9 Å². The van der Waals surface area contributed by atoms with Crippen LogP contribution in [-0.4, -0.2) is 27.6 Å². The lowest BCUT2D eigenvalue weighted by Gasteiger charge is -2.12. The van der Waals surface area contributed by atoms with E-state index in [0.29, 0.717) is 23.2 Å². The lowest BCUT2D eigenvalue weighted by molar-refractivity contribution is 0.102. The summed E-state index contributed by atoms with van der Waals surface area (Å²) in [5.74, 6) is -2.39. The van der Waals surface area contributed by atoms with E-state index >= 15 is 0 Å². The molecule has 0 saturated carbocycles. The van der Waals surface area contributed by atoms with Crippen LogP contribution >= 0.6 is 0 Å². The number of hydrogen-bond donors (Lipinski definition) is 1. The summed E-state index contributed by atoms with van der Waals surface area (Å²) in [5.41, 5.74) is 0.226. The zero-order valence-corrected chi connectivity index (χ0v) is 13.9. The lowest BCUT2D eigenvalue weighted by Crippen LogP contribution is -2.11. The smallest absolute Gasteiger partial charge is 0.204 e. The zero-order valence-electron chi connectivity index (χ0n) is 13.9. The minimum absolute atomic E-state index is 0.00616. The largest absolute Gasteiger partial charge is 0.492 e. The molecule has 0 bridgehead atoms. The molecule has 7 heteroatoms. The average molecular weight is 345 g/mol. The molecule has 3 aromatic rings. The maximum Gasteiger partial charge on any atom is 0.204 e. The van der Waals surface area contributed by atoms with Crippen molar-refractivity contribution in [3.8, 4) is 5.75 Å². The summed E-state index contributed by atoms with van der Waals surface area (Å²) in [6, 6.07) is 2.25. The molecule has 2 aromatic heterocycles. The molecule has 0 aliphatic heterocycles. The van der Waals surface area contributed by atoms with Crippen LogP contribution in [0, 0.1) is 18.6 Å². The number of aromatic amines is 1. The van der Waals surface area contributed by atoms with Crippen molar-refractivity contribution >= 4 is 16.8 Å². The molecule has 0 spiro atoms. The minimum atomic E-state index is -0.908. The van der Waals surface area contributed by atoms with Gasteiger partial charge in [0.2, 0.25) is 5.78 Å².